The van der Waals surface area contributed by atoms with Crippen LogP contribution >= 0.6 is 22.7 Å². The second-order valence-corrected chi connectivity index (χ2v) is 9.34. The van der Waals surface area contributed by atoms with Crippen molar-refractivity contribution >= 4 is 49.6 Å². The van der Waals surface area contributed by atoms with Gasteiger partial charge in [0.15, 0.2) is 10.9 Å². The number of hydrogen-bond donors (Lipinski definition) is 0. The summed E-state index contributed by atoms with van der Waals surface area (Å²) in [6.07, 6.45) is 1.79. The fourth-order valence-electron chi connectivity index (χ4n) is 3.69. The molecule has 35 heavy (non-hydrogen) atoms. The maximum absolute atomic E-state index is 12.1. The summed E-state index contributed by atoms with van der Waals surface area (Å²) in [6, 6.07) is 5.49. The Kier molecular flexibility index (Phi) is 5.51. The van der Waals surface area contributed by atoms with Gasteiger partial charge in [-0.05, 0) is 17.4 Å². The first-order chi connectivity index (χ1) is 17.1. The number of methoxy groups -OCH3 is 2. The van der Waals surface area contributed by atoms with Crippen LogP contribution in [0.25, 0.3) is 27.4 Å². The monoisotopic (exact) mass is 513 g/mol. The van der Waals surface area contributed by atoms with Crippen molar-refractivity contribution in [2.24, 2.45) is 0 Å². The summed E-state index contributed by atoms with van der Waals surface area (Å²) in [5.41, 5.74) is 1.97. The minimum Gasteiger partial charge on any atom is -0.496 e. The first-order valence-electron chi connectivity index (χ1n) is 10.6. The van der Waals surface area contributed by atoms with E-state index in [-0.39, 0.29) is 19.1 Å². The van der Waals surface area contributed by atoms with E-state index in [1.54, 1.807) is 42.0 Å². The summed E-state index contributed by atoms with van der Waals surface area (Å²) in [5.74, 6) is 1.68. The normalized spacial score (nSPS) is 14.2. The van der Waals surface area contributed by atoms with Gasteiger partial charge in [-0.15, -0.1) is 16.4 Å². The van der Waals surface area contributed by atoms with Crippen LogP contribution in [0.5, 0.6) is 16.7 Å². The van der Waals surface area contributed by atoms with Gasteiger partial charge in [0, 0.05) is 17.5 Å². The number of amides is 1. The standard InChI is InChI=1S/C22H19N5O6S2/c1-29-13-5-16(32-9-12-11-34-20(23-12)26-3-4-31-10-19(26)28)14-7-18(33-17(14)6-13)15-8-27-21(24-15)35-22(25-27)30-2/h5-8,11H,3-4,9-10H2,1-2H3. The highest BCUT2D eigenvalue weighted by atomic mass is 32.1. The molecule has 1 amide bonds. The number of imidazole rings is 1. The third-order valence-corrected chi connectivity index (χ3v) is 7.19. The van der Waals surface area contributed by atoms with Crippen LogP contribution in [0.1, 0.15) is 5.69 Å². The summed E-state index contributed by atoms with van der Waals surface area (Å²) in [4.78, 5) is 23.6. The highest BCUT2D eigenvalue weighted by Crippen LogP contribution is 2.37. The average molecular weight is 514 g/mol. The van der Waals surface area contributed by atoms with E-state index in [0.717, 1.165) is 11.1 Å². The summed E-state index contributed by atoms with van der Waals surface area (Å²) in [5, 5.41) is 8.15. The van der Waals surface area contributed by atoms with Gasteiger partial charge in [-0.3, -0.25) is 9.69 Å². The molecule has 0 saturated carbocycles. The molecule has 0 atom stereocenters. The lowest BCUT2D eigenvalue weighted by molar-refractivity contribution is -0.125. The molecule has 4 aromatic heterocycles. The number of aromatic nitrogens is 4. The molecule has 5 aromatic rings. The number of carbonyl (C=O) groups is 1. The zero-order valence-corrected chi connectivity index (χ0v) is 20.4. The topological polar surface area (TPSA) is 113 Å². The predicted molar refractivity (Wildman–Crippen MR) is 129 cm³/mol. The van der Waals surface area contributed by atoms with E-state index in [1.165, 1.54) is 22.7 Å². The van der Waals surface area contributed by atoms with Crippen LogP contribution in [0, 0.1) is 0 Å². The van der Waals surface area contributed by atoms with Crippen molar-refractivity contribution in [3.8, 4) is 28.1 Å². The number of anilines is 1. The molecule has 0 aliphatic carbocycles. The van der Waals surface area contributed by atoms with Crippen molar-refractivity contribution in [3.63, 3.8) is 0 Å². The molecule has 11 nitrogen and oxygen atoms in total. The van der Waals surface area contributed by atoms with Crippen LogP contribution in [0.15, 0.2) is 34.2 Å². The molecular weight excluding hydrogens is 494 g/mol. The van der Waals surface area contributed by atoms with Crippen LogP contribution < -0.4 is 19.1 Å². The number of furan rings is 1. The summed E-state index contributed by atoms with van der Waals surface area (Å²) in [7, 11) is 3.16. The van der Waals surface area contributed by atoms with Crippen LogP contribution in [0.3, 0.4) is 0 Å². The Bertz CT molecular complexity index is 1500. The molecule has 5 heterocycles. The predicted octanol–water partition coefficient (Wildman–Crippen LogP) is 3.62. The van der Waals surface area contributed by atoms with E-state index in [4.69, 9.17) is 23.4 Å². The van der Waals surface area contributed by atoms with E-state index in [0.29, 0.717) is 57.0 Å². The van der Waals surface area contributed by atoms with Gasteiger partial charge >= 0.3 is 0 Å². The molecule has 0 spiro atoms. The zero-order valence-electron chi connectivity index (χ0n) is 18.7. The van der Waals surface area contributed by atoms with E-state index < -0.39 is 0 Å². The van der Waals surface area contributed by atoms with E-state index in [2.05, 4.69) is 15.1 Å². The highest BCUT2D eigenvalue weighted by molar-refractivity contribution is 7.18. The molecular formula is C22H19N5O6S2. The van der Waals surface area contributed by atoms with Crippen molar-refractivity contribution in [3.05, 3.63) is 35.5 Å². The van der Waals surface area contributed by atoms with Gasteiger partial charge in [-0.25, -0.2) is 14.5 Å². The van der Waals surface area contributed by atoms with Gasteiger partial charge < -0.3 is 23.4 Å². The molecule has 0 N–H and O–H groups in total. The minimum absolute atomic E-state index is 0.0777. The van der Waals surface area contributed by atoms with Crippen molar-refractivity contribution in [1.82, 2.24) is 19.6 Å². The SMILES string of the molecule is COc1cc(OCc2csc(N3CCOCC3=O)n2)c2cc(-c3cn4nc(OC)sc4n3)oc2c1. The Hall–Kier alpha value is -3.68. The Morgan fingerprint density at radius 1 is 1.17 bits per heavy atom. The number of thiazole rings is 1. The Labute approximate surface area is 206 Å². The quantitative estimate of drug-likeness (QED) is 0.322. The highest BCUT2D eigenvalue weighted by Gasteiger charge is 2.23. The van der Waals surface area contributed by atoms with Gasteiger partial charge in [0.1, 0.15) is 36.0 Å². The first-order valence-corrected chi connectivity index (χ1v) is 12.3. The largest absolute Gasteiger partial charge is 0.496 e. The van der Waals surface area contributed by atoms with Gasteiger partial charge in [-0.2, -0.15) is 0 Å². The van der Waals surface area contributed by atoms with E-state index >= 15 is 0 Å². The number of benzene rings is 1. The molecule has 1 aromatic carbocycles. The first kappa shape index (κ1) is 21.8. The number of hydrogen-bond acceptors (Lipinski definition) is 11. The lowest BCUT2D eigenvalue weighted by Gasteiger charge is -2.24. The molecule has 0 radical (unpaired) electrons. The lowest BCUT2D eigenvalue weighted by Crippen LogP contribution is -2.41. The lowest BCUT2D eigenvalue weighted by atomic mass is 10.2. The molecule has 0 unspecified atom stereocenters. The molecule has 13 heteroatoms. The van der Waals surface area contributed by atoms with Crippen molar-refractivity contribution in [2.75, 3.05) is 38.9 Å². The fraction of sp³-hybridized carbons (Fsp3) is 0.273. The molecule has 1 aliphatic heterocycles. The number of rotatable bonds is 7. The van der Waals surface area contributed by atoms with Crippen molar-refractivity contribution < 1.29 is 28.2 Å². The van der Waals surface area contributed by atoms with Crippen LogP contribution in [-0.4, -0.2) is 59.5 Å². The maximum Gasteiger partial charge on any atom is 0.294 e. The number of morpholine rings is 1. The maximum atomic E-state index is 12.1. The van der Waals surface area contributed by atoms with Crippen molar-refractivity contribution in [1.29, 1.82) is 0 Å². The number of fused-ring (bicyclic) bond motifs is 2. The molecule has 1 saturated heterocycles. The number of ether oxygens (including phenoxy) is 4. The summed E-state index contributed by atoms with van der Waals surface area (Å²) < 4.78 is 29.6. The Morgan fingerprint density at radius 2 is 2.09 bits per heavy atom. The van der Waals surface area contributed by atoms with E-state index in [9.17, 15) is 4.79 Å². The van der Waals surface area contributed by atoms with Gasteiger partial charge in [-0.1, -0.05) is 0 Å². The number of nitrogens with zero attached hydrogens (tertiary/aromatic N) is 5. The minimum atomic E-state index is -0.0914. The fourth-order valence-corrected chi connectivity index (χ4v) is 5.24. The Morgan fingerprint density at radius 3 is 2.89 bits per heavy atom. The molecule has 0 bridgehead atoms. The number of carbonyl (C=O) groups excluding carboxylic acids is 1. The summed E-state index contributed by atoms with van der Waals surface area (Å²) in [6.45, 7) is 1.30. The molecule has 6 rings (SSSR count). The van der Waals surface area contributed by atoms with Gasteiger partial charge in [0.2, 0.25) is 4.96 Å². The zero-order chi connectivity index (χ0) is 23.9. The molecule has 1 fully saturated rings. The van der Waals surface area contributed by atoms with Gasteiger partial charge in [0.05, 0.1) is 44.6 Å². The van der Waals surface area contributed by atoms with Gasteiger partial charge in [0.25, 0.3) is 11.1 Å². The van der Waals surface area contributed by atoms with Crippen LogP contribution in [-0.2, 0) is 16.1 Å². The second kappa shape index (κ2) is 8.83. The van der Waals surface area contributed by atoms with Crippen molar-refractivity contribution in [2.45, 2.75) is 6.61 Å². The summed E-state index contributed by atoms with van der Waals surface area (Å²) >= 11 is 2.75. The van der Waals surface area contributed by atoms with E-state index in [1.807, 2.05) is 11.4 Å². The third kappa shape index (κ3) is 4.07. The molecule has 1 aliphatic rings. The van der Waals surface area contributed by atoms with Crippen LogP contribution in [0.4, 0.5) is 5.13 Å². The second-order valence-electron chi connectivity index (χ2n) is 7.58. The smallest absolute Gasteiger partial charge is 0.294 e. The third-order valence-electron chi connectivity index (χ3n) is 5.39. The molecule has 180 valence electrons. The Balaban J connectivity index is 1.27. The average Bonchev–Trinajstić information content (AvgIpc) is 3.64. The van der Waals surface area contributed by atoms with Crippen LogP contribution in [0.2, 0.25) is 0 Å².